The average molecular weight is 625 g/mol. The summed E-state index contributed by atoms with van der Waals surface area (Å²) < 4.78 is 23.3. The van der Waals surface area contributed by atoms with Gasteiger partial charge < -0.3 is 29.2 Å². The van der Waals surface area contributed by atoms with Gasteiger partial charge in [-0.15, -0.1) is 0 Å². The van der Waals surface area contributed by atoms with Gasteiger partial charge in [0.1, 0.15) is 5.41 Å². The highest BCUT2D eigenvalue weighted by Crippen LogP contribution is 2.57. The van der Waals surface area contributed by atoms with Crippen LogP contribution in [-0.4, -0.2) is 48.8 Å². The second-order valence-corrected chi connectivity index (χ2v) is 13.2. The van der Waals surface area contributed by atoms with Gasteiger partial charge in [0.25, 0.3) is 0 Å². The molecule has 9 nitrogen and oxygen atoms in total. The molecule has 0 bridgehead atoms. The minimum atomic E-state index is -1.22. The highest BCUT2D eigenvalue weighted by Gasteiger charge is 2.63. The highest BCUT2D eigenvalue weighted by atomic mass is 16.7. The van der Waals surface area contributed by atoms with Crippen LogP contribution in [-0.2, 0) is 36.9 Å². The zero-order chi connectivity index (χ0) is 32.0. The van der Waals surface area contributed by atoms with E-state index in [0.29, 0.717) is 23.7 Å². The van der Waals surface area contributed by atoms with Crippen molar-refractivity contribution in [2.24, 2.45) is 23.2 Å². The summed E-state index contributed by atoms with van der Waals surface area (Å²) in [5.41, 5.74) is 1.23. The number of hydrogen-bond acceptors (Lipinski definition) is 7. The molecule has 1 saturated heterocycles. The smallest absolute Gasteiger partial charge is 0.320 e. The number of fused-ring (bicyclic) bond motifs is 3. The van der Waals surface area contributed by atoms with E-state index in [1.807, 2.05) is 66.7 Å². The first-order valence-corrected chi connectivity index (χ1v) is 16.2. The summed E-state index contributed by atoms with van der Waals surface area (Å²) in [6, 6.07) is 19.7. The molecule has 0 unspecified atom stereocenters. The maximum Gasteiger partial charge on any atom is 0.320 e. The Morgan fingerprint density at radius 3 is 2.61 bits per heavy atom. The van der Waals surface area contributed by atoms with Gasteiger partial charge in [0.15, 0.2) is 11.5 Å². The van der Waals surface area contributed by atoms with E-state index in [-0.39, 0.29) is 55.9 Å². The number of esters is 1. The van der Waals surface area contributed by atoms with Crippen molar-refractivity contribution in [1.29, 1.82) is 0 Å². The first-order valence-electron chi connectivity index (χ1n) is 16.2. The number of piperidine rings is 1. The Labute approximate surface area is 268 Å². The number of carbonyl (C=O) groups excluding carboxylic acids is 3. The second-order valence-electron chi connectivity index (χ2n) is 13.2. The quantitative estimate of drug-likeness (QED) is 0.314. The molecule has 7 rings (SSSR count). The van der Waals surface area contributed by atoms with Crippen molar-refractivity contribution in [1.82, 2.24) is 10.2 Å². The lowest BCUT2D eigenvalue weighted by Gasteiger charge is -2.53. The van der Waals surface area contributed by atoms with E-state index in [0.717, 1.165) is 34.7 Å². The van der Waals surface area contributed by atoms with E-state index in [9.17, 15) is 14.4 Å². The van der Waals surface area contributed by atoms with Crippen LogP contribution in [0.25, 0.3) is 10.8 Å². The van der Waals surface area contributed by atoms with E-state index >= 15 is 0 Å². The van der Waals surface area contributed by atoms with Gasteiger partial charge in [0, 0.05) is 24.6 Å². The van der Waals surface area contributed by atoms with E-state index in [4.69, 9.17) is 18.9 Å². The van der Waals surface area contributed by atoms with Gasteiger partial charge >= 0.3 is 5.97 Å². The molecule has 1 saturated carbocycles. The lowest BCUT2D eigenvalue weighted by atomic mass is 9.64. The number of rotatable bonds is 9. The van der Waals surface area contributed by atoms with Gasteiger partial charge in [-0.1, -0.05) is 62.4 Å². The number of carbonyl (C=O) groups is 3. The Bertz CT molecular complexity index is 1710. The first-order chi connectivity index (χ1) is 22.3. The predicted octanol–water partition coefficient (Wildman–Crippen LogP) is 5.50. The third-order valence-corrected chi connectivity index (χ3v) is 9.87. The van der Waals surface area contributed by atoms with Crippen molar-refractivity contribution in [3.05, 3.63) is 83.6 Å². The molecule has 3 aromatic rings. The van der Waals surface area contributed by atoms with Crippen molar-refractivity contribution in [3.8, 4) is 11.5 Å². The Morgan fingerprint density at radius 1 is 1.04 bits per heavy atom. The number of hydrogen-bond donors (Lipinski definition) is 1. The maximum absolute atomic E-state index is 14.5. The topological polar surface area (TPSA) is 103 Å². The third kappa shape index (κ3) is 5.40. The zero-order valence-corrected chi connectivity index (χ0v) is 26.5. The van der Waals surface area contributed by atoms with Crippen LogP contribution in [0.1, 0.15) is 50.7 Å². The number of ether oxygens (including phenoxy) is 4. The van der Waals surface area contributed by atoms with Crippen molar-refractivity contribution < 1.29 is 33.3 Å². The van der Waals surface area contributed by atoms with Gasteiger partial charge in [-0.3, -0.25) is 14.4 Å². The summed E-state index contributed by atoms with van der Waals surface area (Å²) in [7, 11) is 1.39. The summed E-state index contributed by atoms with van der Waals surface area (Å²) in [5, 5.41) is 5.21. The zero-order valence-electron chi connectivity index (χ0n) is 26.5. The van der Waals surface area contributed by atoms with Crippen LogP contribution in [0.5, 0.6) is 11.5 Å². The average Bonchev–Trinajstić information content (AvgIpc) is 3.80. The molecular weight excluding hydrogens is 584 g/mol. The van der Waals surface area contributed by atoms with E-state index in [2.05, 4.69) is 19.2 Å². The van der Waals surface area contributed by atoms with Gasteiger partial charge in [0.05, 0.1) is 25.9 Å². The molecular formula is C37H40N2O7. The van der Waals surface area contributed by atoms with Gasteiger partial charge in [-0.05, 0) is 71.2 Å². The van der Waals surface area contributed by atoms with Gasteiger partial charge in [0.2, 0.25) is 18.6 Å². The highest BCUT2D eigenvalue weighted by molar-refractivity contribution is 5.93. The maximum atomic E-state index is 14.5. The number of likely N-dealkylation sites (tertiary alicyclic amines) is 1. The fourth-order valence-corrected chi connectivity index (χ4v) is 7.37. The number of amides is 2. The van der Waals surface area contributed by atoms with Gasteiger partial charge in [-0.2, -0.15) is 0 Å². The fraction of sp³-hybridized carbons (Fsp3) is 0.432. The number of methoxy groups -OCH3 is 1. The van der Waals surface area contributed by atoms with Crippen LogP contribution >= 0.6 is 0 Å². The van der Waals surface area contributed by atoms with Crippen molar-refractivity contribution >= 4 is 28.6 Å². The van der Waals surface area contributed by atoms with Gasteiger partial charge in [-0.25, -0.2) is 0 Å². The van der Waals surface area contributed by atoms with Crippen LogP contribution in [0.2, 0.25) is 0 Å². The minimum Gasteiger partial charge on any atom is -0.468 e. The molecule has 2 fully saturated rings. The van der Waals surface area contributed by atoms with E-state index in [1.54, 1.807) is 4.90 Å². The Hall–Kier alpha value is -4.37. The third-order valence-electron chi connectivity index (χ3n) is 9.87. The molecule has 0 aromatic heterocycles. The molecule has 46 heavy (non-hydrogen) atoms. The SMILES string of the molecule is COC(=O)[C@]12C[C@H](CC(=O)NCc3cccc4ccccc34)C(=O)N(Cc3ccc4c(c3)OCO4)C1=C[C@H](C(C)C)O[C@@H]2C1CC1. The molecule has 1 aliphatic carbocycles. The molecule has 4 aliphatic rings. The fourth-order valence-electron chi connectivity index (χ4n) is 7.37. The van der Waals surface area contributed by atoms with Crippen LogP contribution in [0.15, 0.2) is 72.4 Å². The summed E-state index contributed by atoms with van der Waals surface area (Å²) in [4.78, 5) is 43.8. The lowest BCUT2D eigenvalue weighted by Crippen LogP contribution is -2.61. The van der Waals surface area contributed by atoms with Crippen molar-refractivity contribution in [2.45, 2.75) is 64.8 Å². The minimum absolute atomic E-state index is 0.0573. The molecule has 3 aromatic carbocycles. The van der Waals surface area contributed by atoms with Crippen LogP contribution in [0.3, 0.4) is 0 Å². The second kappa shape index (κ2) is 12.1. The standard InChI is InChI=1S/C37H40N2O7/c1-22(2)30-17-32-37(36(42)43-3,34(46-30)25-12-13-25)18-27(35(41)39(32)20-23-11-14-29-31(15-23)45-21-44-29)16-33(40)38-19-26-9-6-8-24-7-4-5-10-28(24)26/h4-11,14-15,17,22,25,27,30,34H,12-13,16,18-21H2,1-3H3,(H,38,40)/t27-,30+,34+,37+/m0/s1. The summed E-state index contributed by atoms with van der Waals surface area (Å²) in [5.74, 6) is -0.0562. The molecule has 4 atom stereocenters. The van der Waals surface area contributed by atoms with Crippen molar-refractivity contribution in [3.63, 3.8) is 0 Å². The summed E-state index contributed by atoms with van der Waals surface area (Å²) >= 11 is 0. The largest absolute Gasteiger partial charge is 0.468 e. The number of benzene rings is 3. The molecule has 3 aliphatic heterocycles. The lowest BCUT2D eigenvalue weighted by molar-refractivity contribution is -0.182. The van der Waals surface area contributed by atoms with E-state index in [1.165, 1.54) is 7.11 Å². The molecule has 9 heteroatoms. The number of nitrogens with zero attached hydrogens (tertiary/aromatic N) is 1. The van der Waals surface area contributed by atoms with Crippen LogP contribution in [0.4, 0.5) is 0 Å². The molecule has 3 heterocycles. The van der Waals surface area contributed by atoms with Crippen LogP contribution in [0, 0.1) is 23.2 Å². The van der Waals surface area contributed by atoms with E-state index < -0.39 is 23.4 Å². The molecule has 0 radical (unpaired) electrons. The first kappa shape index (κ1) is 30.3. The number of nitrogens with one attached hydrogen (secondary N) is 1. The Balaban J connectivity index is 1.23. The normalized spacial score (nSPS) is 25.3. The molecule has 1 N–H and O–H groups in total. The Kier molecular flexibility index (Phi) is 7.97. The molecule has 2 amide bonds. The predicted molar refractivity (Wildman–Crippen MR) is 170 cm³/mol. The molecule has 0 spiro atoms. The van der Waals surface area contributed by atoms with Crippen molar-refractivity contribution in [2.75, 3.05) is 13.9 Å². The monoisotopic (exact) mass is 624 g/mol. The summed E-state index contributed by atoms with van der Waals surface area (Å²) in [6.07, 6.45) is 3.18. The van der Waals surface area contributed by atoms with Crippen LogP contribution < -0.4 is 14.8 Å². The molecule has 240 valence electrons. The Morgan fingerprint density at radius 2 is 1.83 bits per heavy atom. The summed E-state index contributed by atoms with van der Waals surface area (Å²) in [6.45, 7) is 4.83.